The monoisotopic (exact) mass is 329 g/mol. The highest BCUT2D eigenvalue weighted by atomic mass is 16.3. The maximum Gasteiger partial charge on any atom is 0.141 e. The highest BCUT2D eigenvalue weighted by molar-refractivity contribution is 5.84. The van der Waals surface area contributed by atoms with Crippen LogP contribution in [0.1, 0.15) is 69.9 Å². The number of aromatic hydroxyl groups is 1. The number of aryl methyl sites for hydroxylation is 1. The second-order valence-corrected chi connectivity index (χ2v) is 6.66. The highest BCUT2D eigenvalue weighted by Gasteiger charge is 2.02. The molecule has 0 fully saturated rings. The van der Waals surface area contributed by atoms with Crippen molar-refractivity contribution in [2.45, 2.75) is 70.6 Å². The zero-order valence-corrected chi connectivity index (χ0v) is 14.7. The average Bonchev–Trinajstić information content (AvgIpc) is 2.60. The Bertz CT molecular complexity index is 597. The van der Waals surface area contributed by atoms with Crippen molar-refractivity contribution in [2.24, 2.45) is 0 Å². The molecule has 3 heteroatoms. The van der Waals surface area contributed by atoms with E-state index in [-0.39, 0.29) is 5.75 Å². The van der Waals surface area contributed by atoms with Gasteiger partial charge in [0.05, 0.1) is 0 Å². The molecule has 0 bridgehead atoms. The Balaban J connectivity index is 1.56. The first-order valence-electron chi connectivity index (χ1n) is 9.50. The molecule has 2 rings (SSSR count). The molecule has 3 nitrogen and oxygen atoms in total. The fourth-order valence-electron chi connectivity index (χ4n) is 3.14. The van der Waals surface area contributed by atoms with Crippen molar-refractivity contribution in [3.8, 4) is 5.75 Å². The number of phenolic OH excluding ortho intramolecular Hbond substituents is 1. The molecule has 0 radical (unpaired) electrons. The van der Waals surface area contributed by atoms with Crippen LogP contribution < -0.4 is 0 Å². The third kappa shape index (κ3) is 6.48. The van der Waals surface area contributed by atoms with E-state index >= 15 is 0 Å². The predicted molar refractivity (Wildman–Crippen MR) is 100 cm³/mol. The number of rotatable bonds is 12. The van der Waals surface area contributed by atoms with Crippen LogP contribution in [0.5, 0.6) is 5.75 Å². The molecule has 0 amide bonds. The number of hydrogen-bond donors (Lipinski definition) is 2. The number of pyridine rings is 1. The molecule has 2 N–H and O–H groups in total. The van der Waals surface area contributed by atoms with Crippen LogP contribution in [0, 0.1) is 0 Å². The Morgan fingerprint density at radius 3 is 2.00 bits per heavy atom. The number of benzene rings is 1. The van der Waals surface area contributed by atoms with Gasteiger partial charge in [-0.05, 0) is 31.4 Å². The number of hydrogen-bond acceptors (Lipinski definition) is 3. The maximum absolute atomic E-state index is 9.88. The molecule has 0 saturated heterocycles. The number of phenols is 1. The number of fused-ring (bicyclic) bond motifs is 1. The van der Waals surface area contributed by atoms with Crippen LogP contribution in [0.2, 0.25) is 0 Å². The molecule has 0 unspecified atom stereocenters. The largest absolute Gasteiger partial charge is 0.506 e. The Hall–Kier alpha value is -1.61. The average molecular weight is 329 g/mol. The van der Waals surface area contributed by atoms with E-state index in [0.717, 1.165) is 29.4 Å². The molecule has 0 saturated carbocycles. The van der Waals surface area contributed by atoms with Crippen molar-refractivity contribution in [3.05, 3.63) is 36.0 Å². The van der Waals surface area contributed by atoms with Crippen molar-refractivity contribution in [1.29, 1.82) is 0 Å². The van der Waals surface area contributed by atoms with Gasteiger partial charge in [0.15, 0.2) is 0 Å². The summed E-state index contributed by atoms with van der Waals surface area (Å²) in [5, 5.41) is 19.6. The van der Waals surface area contributed by atoms with Crippen molar-refractivity contribution in [3.63, 3.8) is 0 Å². The first kappa shape index (κ1) is 18.7. The molecule has 132 valence electrons. The van der Waals surface area contributed by atoms with Gasteiger partial charge in [-0.1, -0.05) is 69.6 Å². The van der Waals surface area contributed by atoms with Crippen LogP contribution >= 0.6 is 0 Å². The van der Waals surface area contributed by atoms with Crippen LogP contribution in [0.15, 0.2) is 30.3 Å². The molecule has 0 aliphatic rings. The molecule has 2 aromatic rings. The molecule has 0 spiro atoms. The summed E-state index contributed by atoms with van der Waals surface area (Å²) >= 11 is 0. The number of para-hydroxylation sites is 1. The molecule has 1 aromatic heterocycles. The first-order valence-corrected chi connectivity index (χ1v) is 9.50. The summed E-state index contributed by atoms with van der Waals surface area (Å²) in [6.45, 7) is 0.339. The van der Waals surface area contributed by atoms with Crippen LogP contribution in [-0.4, -0.2) is 21.8 Å². The second kappa shape index (κ2) is 11.0. The molecule has 0 aliphatic carbocycles. The molecule has 1 heterocycles. The lowest BCUT2D eigenvalue weighted by Gasteiger charge is -2.05. The maximum atomic E-state index is 9.88. The Labute approximate surface area is 145 Å². The summed E-state index contributed by atoms with van der Waals surface area (Å²) in [6, 6.07) is 9.66. The van der Waals surface area contributed by atoms with E-state index in [4.69, 9.17) is 5.11 Å². The summed E-state index contributed by atoms with van der Waals surface area (Å²) in [5.74, 6) is 0.272. The fraction of sp³-hybridized carbons (Fsp3) is 0.571. The van der Waals surface area contributed by atoms with Crippen LogP contribution in [0.3, 0.4) is 0 Å². The molecular formula is C21H31NO2. The quantitative estimate of drug-likeness (QED) is 0.514. The fourth-order valence-corrected chi connectivity index (χ4v) is 3.14. The van der Waals surface area contributed by atoms with Crippen molar-refractivity contribution in [2.75, 3.05) is 6.61 Å². The lowest BCUT2D eigenvalue weighted by atomic mass is 10.0. The van der Waals surface area contributed by atoms with E-state index in [1.54, 1.807) is 6.07 Å². The lowest BCUT2D eigenvalue weighted by Crippen LogP contribution is -1.92. The van der Waals surface area contributed by atoms with Crippen LogP contribution in [0.25, 0.3) is 10.9 Å². The lowest BCUT2D eigenvalue weighted by molar-refractivity contribution is 0.282. The Morgan fingerprint density at radius 2 is 1.33 bits per heavy atom. The van der Waals surface area contributed by atoms with Gasteiger partial charge in [-0.3, -0.25) is 0 Å². The van der Waals surface area contributed by atoms with Gasteiger partial charge >= 0.3 is 0 Å². The third-order valence-corrected chi connectivity index (χ3v) is 4.60. The van der Waals surface area contributed by atoms with Crippen LogP contribution in [-0.2, 0) is 6.42 Å². The zero-order chi connectivity index (χ0) is 17.0. The van der Waals surface area contributed by atoms with E-state index in [1.807, 2.05) is 18.2 Å². The number of aromatic nitrogens is 1. The van der Waals surface area contributed by atoms with Gasteiger partial charge in [-0.15, -0.1) is 0 Å². The predicted octanol–water partition coefficient (Wildman–Crippen LogP) is 5.38. The minimum atomic E-state index is 0.272. The van der Waals surface area contributed by atoms with Gasteiger partial charge in [0.2, 0.25) is 0 Å². The SMILES string of the molecule is OCCCCCCCCCCCCc1ccc2cccc(O)c2n1. The number of nitrogens with zero attached hydrogens (tertiary/aromatic N) is 1. The normalized spacial score (nSPS) is 11.2. The smallest absolute Gasteiger partial charge is 0.141 e. The summed E-state index contributed by atoms with van der Waals surface area (Å²) < 4.78 is 0. The first-order chi connectivity index (χ1) is 11.8. The topological polar surface area (TPSA) is 53.4 Å². The van der Waals surface area contributed by atoms with Crippen molar-refractivity contribution >= 4 is 10.9 Å². The standard InChI is InChI=1S/C21H31NO2/c23-17-10-8-6-4-2-1-3-5-7-9-13-19-16-15-18-12-11-14-20(24)21(18)22-19/h11-12,14-16,23-24H,1-10,13,17H2. The Morgan fingerprint density at radius 1 is 0.708 bits per heavy atom. The number of unbranched alkanes of at least 4 members (excludes halogenated alkanes) is 9. The Kier molecular flexibility index (Phi) is 8.61. The highest BCUT2D eigenvalue weighted by Crippen LogP contribution is 2.23. The van der Waals surface area contributed by atoms with E-state index in [1.165, 1.54) is 57.8 Å². The van der Waals surface area contributed by atoms with Gasteiger partial charge in [0, 0.05) is 17.7 Å². The van der Waals surface area contributed by atoms with Gasteiger partial charge < -0.3 is 10.2 Å². The number of aliphatic hydroxyl groups is 1. The van der Waals surface area contributed by atoms with Crippen molar-refractivity contribution < 1.29 is 10.2 Å². The van der Waals surface area contributed by atoms with Crippen molar-refractivity contribution in [1.82, 2.24) is 4.98 Å². The van der Waals surface area contributed by atoms with Crippen LogP contribution in [0.4, 0.5) is 0 Å². The van der Waals surface area contributed by atoms with Gasteiger partial charge in [-0.25, -0.2) is 4.98 Å². The molecule has 0 aliphatic heterocycles. The molecular weight excluding hydrogens is 298 g/mol. The van der Waals surface area contributed by atoms with Gasteiger partial charge in [0.1, 0.15) is 11.3 Å². The van der Waals surface area contributed by atoms with E-state index in [0.29, 0.717) is 6.61 Å². The van der Waals surface area contributed by atoms with E-state index < -0.39 is 0 Å². The minimum absolute atomic E-state index is 0.272. The summed E-state index contributed by atoms with van der Waals surface area (Å²) in [4.78, 5) is 4.59. The minimum Gasteiger partial charge on any atom is -0.506 e. The summed E-state index contributed by atoms with van der Waals surface area (Å²) in [5.41, 5.74) is 1.80. The van der Waals surface area contributed by atoms with E-state index in [9.17, 15) is 5.11 Å². The molecule has 24 heavy (non-hydrogen) atoms. The van der Waals surface area contributed by atoms with Gasteiger partial charge in [0.25, 0.3) is 0 Å². The molecule has 1 aromatic carbocycles. The summed E-state index contributed by atoms with van der Waals surface area (Å²) in [6.07, 6.45) is 13.4. The number of aliphatic hydroxyl groups excluding tert-OH is 1. The van der Waals surface area contributed by atoms with Gasteiger partial charge in [-0.2, -0.15) is 0 Å². The second-order valence-electron chi connectivity index (χ2n) is 6.66. The third-order valence-electron chi connectivity index (χ3n) is 4.60. The zero-order valence-electron chi connectivity index (χ0n) is 14.7. The van der Waals surface area contributed by atoms with E-state index in [2.05, 4.69) is 11.1 Å². The summed E-state index contributed by atoms with van der Waals surface area (Å²) in [7, 11) is 0. The molecule has 0 atom stereocenters.